The molecule has 0 aromatic carbocycles. The zero-order valence-corrected chi connectivity index (χ0v) is 10.8. The fourth-order valence-corrected chi connectivity index (χ4v) is 2.40. The zero-order chi connectivity index (χ0) is 13.2. The number of aliphatic carboxylic acids is 1. The van der Waals surface area contributed by atoms with Gasteiger partial charge in [0.15, 0.2) is 6.04 Å². The van der Waals surface area contributed by atoms with Gasteiger partial charge in [0.2, 0.25) is 5.91 Å². The van der Waals surface area contributed by atoms with E-state index in [-0.39, 0.29) is 18.1 Å². The Bertz CT molecular complexity index is 303. The van der Waals surface area contributed by atoms with Crippen molar-refractivity contribution < 1.29 is 19.4 Å². The smallest absolute Gasteiger partial charge is 0.329 e. The van der Waals surface area contributed by atoms with Gasteiger partial charge in [-0.2, -0.15) is 0 Å². The molecule has 0 aromatic heterocycles. The fourth-order valence-electron chi connectivity index (χ4n) is 2.40. The van der Waals surface area contributed by atoms with E-state index >= 15 is 0 Å². The summed E-state index contributed by atoms with van der Waals surface area (Å²) in [6.45, 7) is 6.95. The van der Waals surface area contributed by atoms with Crippen LogP contribution >= 0.6 is 0 Å². The standard InChI is InChI=1S/C12H21NO4/c1-7(2)13(9(4)14)11(12(15)16)10-6-5-8(3)17-10/h7-8,10-11H,5-6H2,1-4H3,(H,15,16). The molecule has 0 spiro atoms. The topological polar surface area (TPSA) is 66.8 Å². The third-order valence-electron chi connectivity index (χ3n) is 3.09. The summed E-state index contributed by atoms with van der Waals surface area (Å²) in [5.41, 5.74) is 0. The van der Waals surface area contributed by atoms with Crippen molar-refractivity contribution in [1.82, 2.24) is 4.90 Å². The molecule has 3 atom stereocenters. The SMILES string of the molecule is CC(=O)N(C(C)C)C(C(=O)O)C1CCC(C)O1. The van der Waals surface area contributed by atoms with E-state index in [0.29, 0.717) is 6.42 Å². The Morgan fingerprint density at radius 1 is 1.35 bits per heavy atom. The van der Waals surface area contributed by atoms with E-state index in [1.54, 1.807) is 0 Å². The lowest BCUT2D eigenvalue weighted by Crippen LogP contribution is -2.53. The molecule has 1 fully saturated rings. The first-order chi connectivity index (χ1) is 7.84. The summed E-state index contributed by atoms with van der Waals surface area (Å²) in [6, 6.07) is -1.02. The summed E-state index contributed by atoms with van der Waals surface area (Å²) in [5, 5.41) is 9.31. The molecular formula is C12H21NO4. The van der Waals surface area contributed by atoms with Gasteiger partial charge in [0.1, 0.15) is 0 Å². The highest BCUT2D eigenvalue weighted by molar-refractivity contribution is 5.83. The lowest BCUT2D eigenvalue weighted by atomic mass is 10.0. The van der Waals surface area contributed by atoms with E-state index in [1.165, 1.54) is 11.8 Å². The molecule has 3 unspecified atom stereocenters. The van der Waals surface area contributed by atoms with E-state index in [1.807, 2.05) is 20.8 Å². The Balaban J connectivity index is 2.91. The largest absolute Gasteiger partial charge is 0.480 e. The number of carboxylic acid groups (broad SMARTS) is 1. The van der Waals surface area contributed by atoms with E-state index in [9.17, 15) is 14.7 Å². The van der Waals surface area contributed by atoms with Gasteiger partial charge >= 0.3 is 5.97 Å². The second kappa shape index (κ2) is 5.49. The van der Waals surface area contributed by atoms with Crippen LogP contribution in [0.3, 0.4) is 0 Å². The van der Waals surface area contributed by atoms with Gasteiger partial charge in [-0.3, -0.25) is 4.79 Å². The molecule has 0 aliphatic carbocycles. The molecule has 5 nitrogen and oxygen atoms in total. The van der Waals surface area contributed by atoms with Crippen LogP contribution in [0.5, 0.6) is 0 Å². The Labute approximate surface area is 102 Å². The quantitative estimate of drug-likeness (QED) is 0.807. The fraction of sp³-hybridized carbons (Fsp3) is 0.833. The number of carbonyl (C=O) groups is 2. The second-order valence-electron chi connectivity index (χ2n) is 4.87. The Morgan fingerprint density at radius 3 is 2.24 bits per heavy atom. The van der Waals surface area contributed by atoms with Crippen molar-refractivity contribution >= 4 is 11.9 Å². The lowest BCUT2D eigenvalue weighted by molar-refractivity contribution is -0.158. The molecule has 1 rings (SSSR count). The maximum Gasteiger partial charge on any atom is 0.329 e. The minimum Gasteiger partial charge on any atom is -0.480 e. The summed E-state index contributed by atoms with van der Waals surface area (Å²) in [7, 11) is 0. The van der Waals surface area contributed by atoms with Crippen molar-refractivity contribution in [2.45, 2.75) is 64.8 Å². The highest BCUT2D eigenvalue weighted by Crippen LogP contribution is 2.26. The summed E-state index contributed by atoms with van der Waals surface area (Å²) in [6.07, 6.45) is 1.21. The first-order valence-corrected chi connectivity index (χ1v) is 6.01. The molecule has 0 saturated carbocycles. The van der Waals surface area contributed by atoms with Gasteiger partial charge in [0.25, 0.3) is 0 Å². The maximum atomic E-state index is 11.6. The van der Waals surface area contributed by atoms with Crippen LogP contribution in [-0.4, -0.2) is 46.2 Å². The van der Waals surface area contributed by atoms with E-state index in [2.05, 4.69) is 0 Å². The minimum absolute atomic E-state index is 0.0721. The maximum absolute atomic E-state index is 11.6. The average Bonchev–Trinajstić information content (AvgIpc) is 2.58. The van der Waals surface area contributed by atoms with Crippen LogP contribution in [0.2, 0.25) is 0 Å². The predicted octanol–water partition coefficient (Wildman–Crippen LogP) is 1.26. The molecule has 0 aromatic rings. The minimum atomic E-state index is -0.993. The van der Waals surface area contributed by atoms with Crippen LogP contribution in [0.25, 0.3) is 0 Å². The summed E-state index contributed by atoms with van der Waals surface area (Å²) >= 11 is 0. The zero-order valence-electron chi connectivity index (χ0n) is 10.8. The number of hydrogen-bond donors (Lipinski definition) is 1. The summed E-state index contributed by atoms with van der Waals surface area (Å²) < 4.78 is 5.59. The first kappa shape index (κ1) is 14.0. The normalized spacial score (nSPS) is 25.9. The van der Waals surface area contributed by atoms with Gasteiger partial charge < -0.3 is 14.7 Å². The number of ether oxygens (including phenoxy) is 1. The first-order valence-electron chi connectivity index (χ1n) is 6.01. The summed E-state index contributed by atoms with van der Waals surface area (Å²) in [4.78, 5) is 24.3. The Morgan fingerprint density at radius 2 is 1.94 bits per heavy atom. The molecule has 98 valence electrons. The number of nitrogens with zero attached hydrogens (tertiary/aromatic N) is 1. The number of amides is 1. The van der Waals surface area contributed by atoms with Crippen molar-refractivity contribution in [2.75, 3.05) is 0 Å². The highest BCUT2D eigenvalue weighted by atomic mass is 16.5. The van der Waals surface area contributed by atoms with Gasteiger partial charge in [0, 0.05) is 13.0 Å². The average molecular weight is 243 g/mol. The van der Waals surface area contributed by atoms with Crippen molar-refractivity contribution in [2.24, 2.45) is 0 Å². The molecule has 1 N–H and O–H groups in total. The van der Waals surface area contributed by atoms with Crippen LogP contribution in [0.4, 0.5) is 0 Å². The molecule has 1 amide bonds. The monoisotopic (exact) mass is 243 g/mol. The Hall–Kier alpha value is -1.10. The van der Waals surface area contributed by atoms with Crippen LogP contribution in [-0.2, 0) is 14.3 Å². The number of carbonyl (C=O) groups excluding carboxylic acids is 1. The summed E-state index contributed by atoms with van der Waals surface area (Å²) in [5.74, 6) is -1.22. The molecular weight excluding hydrogens is 222 g/mol. The number of carboxylic acids is 1. The van der Waals surface area contributed by atoms with Gasteiger partial charge in [-0.05, 0) is 33.6 Å². The third kappa shape index (κ3) is 3.19. The molecule has 0 bridgehead atoms. The third-order valence-corrected chi connectivity index (χ3v) is 3.09. The van der Waals surface area contributed by atoms with Crippen LogP contribution in [0, 0.1) is 0 Å². The van der Waals surface area contributed by atoms with Crippen molar-refractivity contribution in [3.63, 3.8) is 0 Å². The molecule has 1 saturated heterocycles. The van der Waals surface area contributed by atoms with Crippen LogP contribution in [0.15, 0.2) is 0 Å². The second-order valence-corrected chi connectivity index (χ2v) is 4.87. The molecule has 1 aliphatic rings. The van der Waals surface area contributed by atoms with E-state index in [0.717, 1.165) is 6.42 Å². The van der Waals surface area contributed by atoms with Crippen molar-refractivity contribution in [3.05, 3.63) is 0 Å². The van der Waals surface area contributed by atoms with Crippen molar-refractivity contribution in [3.8, 4) is 0 Å². The van der Waals surface area contributed by atoms with Crippen LogP contribution < -0.4 is 0 Å². The van der Waals surface area contributed by atoms with Crippen LogP contribution in [0.1, 0.15) is 40.5 Å². The van der Waals surface area contributed by atoms with Gasteiger partial charge in [-0.15, -0.1) is 0 Å². The van der Waals surface area contributed by atoms with E-state index in [4.69, 9.17) is 4.74 Å². The molecule has 0 radical (unpaired) electrons. The molecule has 1 aliphatic heterocycles. The van der Waals surface area contributed by atoms with Gasteiger partial charge in [-0.25, -0.2) is 4.79 Å². The van der Waals surface area contributed by atoms with Gasteiger partial charge in [-0.1, -0.05) is 0 Å². The lowest BCUT2D eigenvalue weighted by Gasteiger charge is -2.34. The molecule has 17 heavy (non-hydrogen) atoms. The molecule has 5 heteroatoms. The number of rotatable bonds is 4. The Kier molecular flexibility index (Phi) is 4.51. The number of hydrogen-bond acceptors (Lipinski definition) is 3. The predicted molar refractivity (Wildman–Crippen MR) is 62.6 cm³/mol. The van der Waals surface area contributed by atoms with Gasteiger partial charge in [0.05, 0.1) is 12.2 Å². The highest BCUT2D eigenvalue weighted by Gasteiger charge is 2.40. The molecule has 1 heterocycles. The van der Waals surface area contributed by atoms with Crippen molar-refractivity contribution in [1.29, 1.82) is 0 Å². The van der Waals surface area contributed by atoms with E-state index < -0.39 is 18.1 Å².